The molecule has 0 aliphatic carbocycles. The molecule has 7 heteroatoms. The van der Waals surface area contributed by atoms with Gasteiger partial charge in [0, 0.05) is 18.5 Å². The van der Waals surface area contributed by atoms with Gasteiger partial charge in [0.2, 0.25) is 0 Å². The van der Waals surface area contributed by atoms with Crippen molar-refractivity contribution >= 4 is 6.08 Å². The first-order valence-electron chi connectivity index (χ1n) is 8.71. The minimum absolute atomic E-state index is 0.110. The molecular weight excluding hydrogens is 328 g/mol. The molecule has 1 saturated heterocycles. The fourth-order valence-corrected chi connectivity index (χ4v) is 3.05. The minimum Gasteiger partial charge on any atom is -0.507 e. The summed E-state index contributed by atoms with van der Waals surface area (Å²) in [6.07, 6.45) is 12.2. The highest BCUT2D eigenvalue weighted by atomic mass is 16.3. The van der Waals surface area contributed by atoms with Crippen molar-refractivity contribution in [3.63, 3.8) is 0 Å². The molecule has 0 bridgehead atoms. The van der Waals surface area contributed by atoms with Gasteiger partial charge in [-0.3, -0.25) is 0 Å². The van der Waals surface area contributed by atoms with E-state index in [1.54, 1.807) is 30.9 Å². The fraction of sp³-hybridized carbons (Fsp3) is 0.263. The van der Waals surface area contributed by atoms with Crippen molar-refractivity contribution in [3.05, 3.63) is 54.4 Å². The Balaban J connectivity index is 1.56. The number of aromatic hydroxyl groups is 1. The molecule has 1 aliphatic rings. The lowest BCUT2D eigenvalue weighted by Gasteiger charge is -2.07. The van der Waals surface area contributed by atoms with E-state index in [1.165, 1.54) is 5.57 Å². The molecule has 3 aromatic rings. The molecule has 0 atom stereocenters. The molecule has 1 aromatic carbocycles. The summed E-state index contributed by atoms with van der Waals surface area (Å²) >= 11 is 0. The number of phenolic OH excluding ortho intramolecular Hbond substituents is 1. The van der Waals surface area contributed by atoms with Crippen molar-refractivity contribution in [2.24, 2.45) is 0 Å². The summed E-state index contributed by atoms with van der Waals surface area (Å²) in [4.78, 5) is 8.39. The zero-order chi connectivity index (χ0) is 17.8. The minimum atomic E-state index is 0.110. The van der Waals surface area contributed by atoms with Gasteiger partial charge < -0.3 is 15.0 Å². The van der Waals surface area contributed by atoms with Gasteiger partial charge >= 0.3 is 0 Å². The predicted molar refractivity (Wildman–Crippen MR) is 98.7 cm³/mol. The maximum atomic E-state index is 10.3. The number of nitrogens with zero attached hydrogens (tertiary/aromatic N) is 5. The summed E-state index contributed by atoms with van der Waals surface area (Å²) in [7, 11) is 0. The Labute approximate surface area is 151 Å². The summed E-state index contributed by atoms with van der Waals surface area (Å²) < 4.78 is 1.82. The summed E-state index contributed by atoms with van der Waals surface area (Å²) in [5.41, 5.74) is 3.49. The van der Waals surface area contributed by atoms with Gasteiger partial charge in [0.25, 0.3) is 0 Å². The van der Waals surface area contributed by atoms with Crippen LogP contribution in [0, 0.1) is 0 Å². The van der Waals surface area contributed by atoms with E-state index in [1.807, 2.05) is 16.8 Å². The van der Waals surface area contributed by atoms with E-state index in [0.717, 1.165) is 43.7 Å². The molecule has 4 rings (SSSR count). The second-order valence-electron chi connectivity index (χ2n) is 6.28. The molecule has 1 aliphatic heterocycles. The highest BCUT2D eigenvalue weighted by molar-refractivity contribution is 5.66. The molecule has 0 saturated carbocycles. The Bertz CT molecular complexity index is 892. The topological polar surface area (TPSA) is 88.8 Å². The summed E-state index contributed by atoms with van der Waals surface area (Å²) in [5, 5.41) is 22.2. The summed E-state index contributed by atoms with van der Waals surface area (Å²) in [6, 6.07) is 5.33. The van der Waals surface area contributed by atoms with Gasteiger partial charge in [-0.1, -0.05) is 5.57 Å². The molecule has 0 radical (unpaired) electrons. The van der Waals surface area contributed by atoms with E-state index in [4.69, 9.17) is 0 Å². The molecular formula is C19H20N6O. The fourth-order valence-electron chi connectivity index (χ4n) is 3.05. The van der Waals surface area contributed by atoms with Crippen LogP contribution in [0.15, 0.2) is 48.7 Å². The summed E-state index contributed by atoms with van der Waals surface area (Å²) in [5.74, 6) is 0.517. The Morgan fingerprint density at radius 3 is 2.88 bits per heavy atom. The lowest BCUT2D eigenvalue weighted by Crippen LogP contribution is -2.13. The highest BCUT2D eigenvalue weighted by Crippen LogP contribution is 2.28. The van der Waals surface area contributed by atoms with Crippen molar-refractivity contribution < 1.29 is 5.11 Å². The molecule has 2 aromatic heterocycles. The maximum absolute atomic E-state index is 10.3. The average molecular weight is 348 g/mol. The van der Waals surface area contributed by atoms with Crippen LogP contribution in [-0.4, -0.2) is 42.9 Å². The van der Waals surface area contributed by atoms with E-state index in [0.29, 0.717) is 11.4 Å². The van der Waals surface area contributed by atoms with Crippen molar-refractivity contribution in [1.82, 2.24) is 30.0 Å². The van der Waals surface area contributed by atoms with Crippen LogP contribution in [0.25, 0.3) is 23.2 Å². The molecule has 0 spiro atoms. The molecule has 0 unspecified atom stereocenters. The Kier molecular flexibility index (Phi) is 4.70. The summed E-state index contributed by atoms with van der Waals surface area (Å²) in [6.45, 7) is 2.07. The van der Waals surface area contributed by atoms with Gasteiger partial charge in [-0.15, -0.1) is 10.2 Å². The van der Waals surface area contributed by atoms with Crippen LogP contribution >= 0.6 is 0 Å². The largest absolute Gasteiger partial charge is 0.507 e. The number of hydrogen-bond donors (Lipinski definition) is 2. The number of nitrogens with one attached hydrogen (secondary N) is 1. The second kappa shape index (κ2) is 7.45. The third-order valence-corrected chi connectivity index (χ3v) is 4.43. The third kappa shape index (κ3) is 3.62. The van der Waals surface area contributed by atoms with Crippen molar-refractivity contribution in [3.8, 4) is 22.8 Å². The second-order valence-corrected chi connectivity index (χ2v) is 6.28. The lowest BCUT2D eigenvalue weighted by molar-refractivity contribution is 0.476. The molecule has 26 heavy (non-hydrogen) atoms. The van der Waals surface area contributed by atoms with Crippen LogP contribution < -0.4 is 5.32 Å². The number of aromatic nitrogens is 5. The van der Waals surface area contributed by atoms with Crippen LogP contribution in [0.1, 0.15) is 25.0 Å². The van der Waals surface area contributed by atoms with Gasteiger partial charge in [-0.05, 0) is 50.6 Å². The van der Waals surface area contributed by atoms with Crippen LogP contribution in [0.4, 0.5) is 0 Å². The van der Waals surface area contributed by atoms with Crippen LogP contribution in [-0.2, 0) is 0 Å². The Morgan fingerprint density at radius 1 is 1.15 bits per heavy atom. The smallest absolute Gasteiger partial charge is 0.185 e. The zero-order valence-corrected chi connectivity index (χ0v) is 14.3. The first kappa shape index (κ1) is 16.4. The SMILES string of the molecule is Oc1cc(-n2ccnc2)ccc1-c1ncc(/C=C2/CCCNCC2)nn1. The van der Waals surface area contributed by atoms with Crippen LogP contribution in [0.3, 0.4) is 0 Å². The monoisotopic (exact) mass is 348 g/mol. The zero-order valence-electron chi connectivity index (χ0n) is 14.3. The number of imidazole rings is 1. The van der Waals surface area contributed by atoms with Gasteiger partial charge in [0.1, 0.15) is 11.4 Å². The number of benzene rings is 1. The molecule has 132 valence electrons. The van der Waals surface area contributed by atoms with E-state index >= 15 is 0 Å². The molecule has 0 amide bonds. The lowest BCUT2D eigenvalue weighted by atomic mass is 10.1. The highest BCUT2D eigenvalue weighted by Gasteiger charge is 2.10. The normalized spacial score (nSPS) is 16.5. The molecule has 1 fully saturated rings. The van der Waals surface area contributed by atoms with Gasteiger partial charge in [-0.25, -0.2) is 9.97 Å². The van der Waals surface area contributed by atoms with Crippen LogP contribution in [0.2, 0.25) is 0 Å². The van der Waals surface area contributed by atoms with E-state index < -0.39 is 0 Å². The van der Waals surface area contributed by atoms with Crippen molar-refractivity contribution in [1.29, 1.82) is 0 Å². The first-order valence-corrected chi connectivity index (χ1v) is 8.71. The number of hydrogen-bond acceptors (Lipinski definition) is 6. The third-order valence-electron chi connectivity index (χ3n) is 4.43. The number of phenols is 1. The van der Waals surface area contributed by atoms with Crippen molar-refractivity contribution in [2.75, 3.05) is 13.1 Å². The van der Waals surface area contributed by atoms with E-state index in [-0.39, 0.29) is 5.75 Å². The Hall–Kier alpha value is -3.06. The van der Waals surface area contributed by atoms with Gasteiger partial charge in [0.05, 0.1) is 23.8 Å². The quantitative estimate of drug-likeness (QED) is 0.756. The number of rotatable bonds is 3. The molecule has 7 nitrogen and oxygen atoms in total. The predicted octanol–water partition coefficient (Wildman–Crippen LogP) is 2.59. The molecule has 3 heterocycles. The maximum Gasteiger partial charge on any atom is 0.185 e. The first-order chi connectivity index (χ1) is 12.8. The standard InChI is InChI=1S/C19H20N6O/c26-18-11-16(25-9-8-21-13-25)3-4-17(18)19-22-12-15(23-24-19)10-14-2-1-6-20-7-5-14/h3-4,8-13,20,26H,1-2,5-7H2/b14-10-. The average Bonchev–Trinajstić information content (AvgIpc) is 3.08. The van der Waals surface area contributed by atoms with Crippen molar-refractivity contribution in [2.45, 2.75) is 19.3 Å². The van der Waals surface area contributed by atoms with Gasteiger partial charge in [-0.2, -0.15) is 0 Å². The van der Waals surface area contributed by atoms with E-state index in [2.05, 4.69) is 31.6 Å². The molecule has 2 N–H and O–H groups in total. The van der Waals surface area contributed by atoms with E-state index in [9.17, 15) is 5.11 Å². The Morgan fingerprint density at radius 2 is 2.12 bits per heavy atom. The van der Waals surface area contributed by atoms with Crippen LogP contribution in [0.5, 0.6) is 5.75 Å². The van der Waals surface area contributed by atoms with Gasteiger partial charge in [0.15, 0.2) is 5.82 Å².